The first kappa shape index (κ1) is 48.5. The minimum absolute atomic E-state index is 0.143. The Labute approximate surface area is 311 Å². The Morgan fingerprint density at radius 2 is 1.08 bits per heavy atom. The molecule has 0 saturated carbocycles. The van der Waals surface area contributed by atoms with Gasteiger partial charge in [0, 0.05) is 12.8 Å². The van der Waals surface area contributed by atoms with Crippen molar-refractivity contribution in [3.63, 3.8) is 0 Å². The second-order valence-electron chi connectivity index (χ2n) is 14.6. The van der Waals surface area contributed by atoms with Gasteiger partial charge in [0.2, 0.25) is 0 Å². The first-order valence-electron chi connectivity index (χ1n) is 20.1. The summed E-state index contributed by atoms with van der Waals surface area (Å²) in [6.07, 6.45) is 33.1. The van der Waals surface area contributed by atoms with Crippen molar-refractivity contribution in [1.82, 2.24) is 0 Å². The number of quaternary nitrogens is 1. The number of ether oxygens (including phenoxy) is 4. The third kappa shape index (κ3) is 35.7. The summed E-state index contributed by atoms with van der Waals surface area (Å²) < 4.78 is 22.4. The minimum Gasteiger partial charge on any atom is -0.545 e. The molecule has 0 spiro atoms. The van der Waals surface area contributed by atoms with Gasteiger partial charge in [-0.05, 0) is 64.2 Å². The lowest BCUT2D eigenvalue weighted by molar-refractivity contribution is -0.870. The predicted molar refractivity (Wildman–Crippen MR) is 205 cm³/mol. The van der Waals surface area contributed by atoms with E-state index in [4.69, 9.17) is 18.9 Å². The number of unbranched alkanes of at least 4 members (excludes halogenated alkanes) is 15. The van der Waals surface area contributed by atoms with Crippen LogP contribution in [0.5, 0.6) is 0 Å². The number of hydrogen-bond donors (Lipinski definition) is 0. The maximum atomic E-state index is 12.7. The molecule has 0 amide bonds. The molecule has 0 fully saturated rings. The lowest BCUT2D eigenvalue weighted by Gasteiger charge is -2.26. The Morgan fingerprint density at radius 3 is 1.63 bits per heavy atom. The minimum atomic E-state index is -1.62. The highest BCUT2D eigenvalue weighted by molar-refractivity contribution is 5.70. The van der Waals surface area contributed by atoms with Crippen LogP contribution in [0.15, 0.2) is 36.5 Å². The van der Waals surface area contributed by atoms with Crippen LogP contribution >= 0.6 is 0 Å². The third-order valence-corrected chi connectivity index (χ3v) is 8.36. The van der Waals surface area contributed by atoms with Gasteiger partial charge in [-0.15, -0.1) is 0 Å². The van der Waals surface area contributed by atoms with E-state index < -0.39 is 24.3 Å². The third-order valence-electron chi connectivity index (χ3n) is 8.36. The Bertz CT molecular complexity index is 940. The number of nitrogens with zero attached hydrogens (tertiary/aromatic N) is 1. The lowest BCUT2D eigenvalue weighted by Crippen LogP contribution is -2.44. The van der Waals surface area contributed by atoms with Gasteiger partial charge in [-0.2, -0.15) is 0 Å². The first-order chi connectivity index (χ1) is 24.6. The van der Waals surface area contributed by atoms with Crippen molar-refractivity contribution < 1.29 is 42.9 Å². The van der Waals surface area contributed by atoms with Gasteiger partial charge in [0.1, 0.15) is 13.2 Å². The number of likely N-dealkylation sites (N-methyl/N-ethyl adjacent to an activating group) is 1. The molecular weight excluding hydrogens is 646 g/mol. The molecule has 0 rings (SSSR count). The monoisotopic (exact) mass is 722 g/mol. The summed E-state index contributed by atoms with van der Waals surface area (Å²) in [6, 6.07) is 0. The van der Waals surface area contributed by atoms with E-state index in [1.54, 1.807) is 0 Å². The zero-order valence-corrected chi connectivity index (χ0v) is 33.2. The highest BCUT2D eigenvalue weighted by Crippen LogP contribution is 2.12. The molecular formula is C42H75NO8. The Kier molecular flexibility index (Phi) is 32.9. The van der Waals surface area contributed by atoms with E-state index in [1.807, 2.05) is 21.1 Å². The average molecular weight is 722 g/mol. The van der Waals surface area contributed by atoms with Crippen LogP contribution in [-0.2, 0) is 33.3 Å². The van der Waals surface area contributed by atoms with Crippen molar-refractivity contribution in [3.8, 4) is 0 Å². The van der Waals surface area contributed by atoms with E-state index in [9.17, 15) is 19.5 Å². The summed E-state index contributed by atoms with van der Waals surface area (Å²) >= 11 is 0. The summed E-state index contributed by atoms with van der Waals surface area (Å²) in [6.45, 7) is 4.62. The van der Waals surface area contributed by atoms with E-state index in [1.165, 1.54) is 38.5 Å². The average Bonchev–Trinajstić information content (AvgIpc) is 3.08. The van der Waals surface area contributed by atoms with Crippen molar-refractivity contribution in [2.75, 3.05) is 47.5 Å². The zero-order valence-electron chi connectivity index (χ0n) is 33.2. The smallest absolute Gasteiger partial charge is 0.306 e. The van der Waals surface area contributed by atoms with Crippen molar-refractivity contribution >= 4 is 17.9 Å². The molecule has 0 aromatic rings. The van der Waals surface area contributed by atoms with Gasteiger partial charge in [0.05, 0.1) is 40.3 Å². The lowest BCUT2D eigenvalue weighted by atomic mass is 10.1. The van der Waals surface area contributed by atoms with E-state index in [-0.39, 0.29) is 38.6 Å². The number of carbonyl (C=O) groups excluding carboxylic acids is 3. The van der Waals surface area contributed by atoms with Crippen molar-refractivity contribution in [2.24, 2.45) is 0 Å². The van der Waals surface area contributed by atoms with Gasteiger partial charge in [-0.3, -0.25) is 9.59 Å². The van der Waals surface area contributed by atoms with E-state index in [0.29, 0.717) is 17.4 Å². The molecule has 0 saturated heterocycles. The van der Waals surface area contributed by atoms with Crippen molar-refractivity contribution in [1.29, 1.82) is 0 Å². The molecule has 51 heavy (non-hydrogen) atoms. The van der Waals surface area contributed by atoms with Crippen LogP contribution in [0.3, 0.4) is 0 Å². The number of rotatable bonds is 36. The molecule has 0 aromatic heterocycles. The second-order valence-corrected chi connectivity index (χ2v) is 14.6. The maximum absolute atomic E-state index is 12.7. The summed E-state index contributed by atoms with van der Waals surface area (Å²) in [5, 5.41) is 11.6. The van der Waals surface area contributed by atoms with Crippen LogP contribution in [-0.4, -0.2) is 82.3 Å². The normalized spacial score (nSPS) is 13.4. The molecule has 0 aliphatic heterocycles. The molecule has 0 aromatic carbocycles. The van der Waals surface area contributed by atoms with Crippen LogP contribution in [0.2, 0.25) is 0 Å². The fraction of sp³-hybridized carbons (Fsp3) is 0.786. The van der Waals surface area contributed by atoms with Gasteiger partial charge in [-0.25, -0.2) is 0 Å². The predicted octanol–water partition coefficient (Wildman–Crippen LogP) is 8.55. The Hall–Kier alpha value is -2.49. The highest BCUT2D eigenvalue weighted by Gasteiger charge is 2.21. The molecule has 0 aliphatic carbocycles. The van der Waals surface area contributed by atoms with E-state index in [2.05, 4.69) is 50.3 Å². The van der Waals surface area contributed by atoms with Gasteiger partial charge in [-0.1, -0.05) is 115 Å². The van der Waals surface area contributed by atoms with Gasteiger partial charge in [0.15, 0.2) is 12.4 Å². The highest BCUT2D eigenvalue weighted by atomic mass is 16.7. The molecule has 0 aliphatic rings. The molecule has 0 bridgehead atoms. The molecule has 0 N–H and O–H groups in total. The molecule has 2 atom stereocenters. The zero-order chi connectivity index (χ0) is 37.8. The SMILES string of the molecule is CCCC/C=C\C/C=C\CCCCCCCC(=O)OC(COC(=O)CCCCCCC/C=C\CCCCC)COC(OCC[N+](C)(C)C)C(=O)[O-]. The number of aliphatic carboxylic acids is 1. The maximum Gasteiger partial charge on any atom is 0.306 e. The van der Waals surface area contributed by atoms with Crippen LogP contribution in [0.1, 0.15) is 155 Å². The second kappa shape index (κ2) is 34.6. The molecule has 9 heteroatoms. The quantitative estimate of drug-likeness (QED) is 0.0208. The summed E-state index contributed by atoms with van der Waals surface area (Å²) in [5.74, 6) is -2.32. The Morgan fingerprint density at radius 1 is 0.588 bits per heavy atom. The van der Waals surface area contributed by atoms with Crippen LogP contribution < -0.4 is 5.11 Å². The Balaban J connectivity index is 4.56. The van der Waals surface area contributed by atoms with Crippen LogP contribution in [0.25, 0.3) is 0 Å². The van der Waals surface area contributed by atoms with Crippen molar-refractivity contribution in [2.45, 2.75) is 167 Å². The largest absolute Gasteiger partial charge is 0.545 e. The number of allylic oxidation sites excluding steroid dienone is 6. The standard InChI is InChI=1S/C42H75NO8/c1-6-8-10-12-14-16-18-20-21-23-25-27-29-31-33-40(45)51-38(37-50-42(41(46)47)48-35-34-43(3,4)5)36-49-39(44)32-30-28-26-24-22-19-17-15-13-11-9-7-2/h12,14-15,17-18,20,38,42H,6-11,13,16,19,21-37H2,1-5H3/b14-12-,17-15-,20-18-. The molecule has 296 valence electrons. The number of carboxylic acids is 1. The van der Waals surface area contributed by atoms with Crippen molar-refractivity contribution in [3.05, 3.63) is 36.5 Å². The fourth-order valence-corrected chi connectivity index (χ4v) is 5.13. The van der Waals surface area contributed by atoms with Gasteiger partial charge >= 0.3 is 11.9 Å². The fourth-order valence-electron chi connectivity index (χ4n) is 5.13. The van der Waals surface area contributed by atoms with E-state index >= 15 is 0 Å². The molecule has 2 unspecified atom stereocenters. The number of carboxylic acid groups (broad SMARTS) is 1. The molecule has 0 radical (unpaired) electrons. The topological polar surface area (TPSA) is 111 Å². The summed E-state index contributed by atoms with van der Waals surface area (Å²) in [5.41, 5.74) is 0. The number of carbonyl (C=O) groups is 3. The number of esters is 2. The van der Waals surface area contributed by atoms with Crippen LogP contribution in [0, 0.1) is 0 Å². The van der Waals surface area contributed by atoms with Gasteiger partial charge in [0.25, 0.3) is 0 Å². The van der Waals surface area contributed by atoms with E-state index in [0.717, 1.165) is 83.5 Å². The molecule has 9 nitrogen and oxygen atoms in total. The van der Waals surface area contributed by atoms with Crippen LogP contribution in [0.4, 0.5) is 0 Å². The van der Waals surface area contributed by atoms with Gasteiger partial charge < -0.3 is 33.3 Å². The summed E-state index contributed by atoms with van der Waals surface area (Å²) in [7, 11) is 5.89. The summed E-state index contributed by atoms with van der Waals surface area (Å²) in [4.78, 5) is 36.8. The number of hydrogen-bond acceptors (Lipinski definition) is 8. The first-order valence-corrected chi connectivity index (χ1v) is 20.1. The molecule has 0 heterocycles.